The van der Waals surface area contributed by atoms with Gasteiger partial charge in [0.1, 0.15) is 18.5 Å². The Bertz CT molecular complexity index is 788. The maximum Gasteiger partial charge on any atom is 0.305 e. The van der Waals surface area contributed by atoms with E-state index in [4.69, 9.17) is 4.74 Å². The van der Waals surface area contributed by atoms with Crippen LogP contribution in [-0.2, 0) is 9.53 Å². The maximum atomic E-state index is 11.1. The Labute approximate surface area is 183 Å². The van der Waals surface area contributed by atoms with E-state index in [0.717, 1.165) is 12.0 Å². The van der Waals surface area contributed by atoms with Crippen LogP contribution in [0.15, 0.2) is 53.7 Å². The van der Waals surface area contributed by atoms with Crippen LogP contribution in [0.1, 0.15) is 37.7 Å². The largest absolute Gasteiger partial charge is 0.491 e. The van der Waals surface area contributed by atoms with E-state index >= 15 is 0 Å². The first kappa shape index (κ1) is 24.6. The molecule has 1 aliphatic rings. The summed E-state index contributed by atoms with van der Waals surface area (Å²) in [6.07, 6.45) is 8.63. The number of ether oxygens (including phenoxy) is 2. The summed E-state index contributed by atoms with van der Waals surface area (Å²) in [7, 11) is 1.37. The summed E-state index contributed by atoms with van der Waals surface area (Å²) in [5.41, 5.74) is 1.58. The molecule has 0 amide bonds. The van der Waals surface area contributed by atoms with Gasteiger partial charge in [0, 0.05) is 24.7 Å². The van der Waals surface area contributed by atoms with Crippen LogP contribution in [0.3, 0.4) is 0 Å². The van der Waals surface area contributed by atoms with Crippen molar-refractivity contribution in [2.24, 2.45) is 17.0 Å². The van der Waals surface area contributed by atoms with Crippen LogP contribution in [0.4, 0.5) is 0 Å². The fraction of sp³-hybridized carbons (Fsp3) is 0.500. The molecule has 1 aliphatic carbocycles. The molecule has 4 atom stereocenters. The standard InChI is InChI=1S/C24H33NO6/c1-17-8-7-9-19(14-17)31-16-18(26)12-13-20-21(23(27)15-22(20)25-29)10-5-3-4-6-11-24(28)30-2/h3,5,7-9,12-14,18,20-21,23,26-27,29H,4,6,10-11,15-16H2,1-2H3/b5-3-,13-12+,25-22-/t18-,20-,21-,23+/m1/s1. The van der Waals surface area contributed by atoms with E-state index in [1.807, 2.05) is 43.3 Å². The SMILES string of the molecule is COC(=O)CCC/C=C\C[C@H]1[C@@H](O)C/C(=N/O)[C@@H]1/C=C/[C@@H](O)COc1cccc(C)c1. The quantitative estimate of drug-likeness (QED) is 0.163. The van der Waals surface area contributed by atoms with Gasteiger partial charge in [0.25, 0.3) is 0 Å². The van der Waals surface area contributed by atoms with Gasteiger partial charge in [-0.15, -0.1) is 0 Å². The summed E-state index contributed by atoms with van der Waals surface area (Å²) in [4.78, 5) is 11.1. The monoisotopic (exact) mass is 431 g/mol. The smallest absolute Gasteiger partial charge is 0.305 e. The lowest BCUT2D eigenvalue weighted by Crippen LogP contribution is -2.20. The molecular formula is C24H33NO6. The topological polar surface area (TPSA) is 109 Å². The molecule has 0 aliphatic heterocycles. The molecule has 0 radical (unpaired) electrons. The minimum absolute atomic E-state index is 0.103. The number of carbonyl (C=O) groups is 1. The van der Waals surface area contributed by atoms with Crippen molar-refractivity contribution in [3.05, 3.63) is 54.1 Å². The number of rotatable bonds is 11. The predicted octanol–water partition coefficient (Wildman–Crippen LogP) is 3.41. The average molecular weight is 432 g/mol. The van der Waals surface area contributed by atoms with Crippen molar-refractivity contribution < 1.29 is 29.7 Å². The van der Waals surface area contributed by atoms with Gasteiger partial charge < -0.3 is 24.9 Å². The van der Waals surface area contributed by atoms with Crippen molar-refractivity contribution in [3.63, 3.8) is 0 Å². The van der Waals surface area contributed by atoms with Crippen LogP contribution in [-0.4, -0.2) is 53.0 Å². The molecule has 1 aromatic rings. The van der Waals surface area contributed by atoms with E-state index in [-0.39, 0.29) is 24.4 Å². The Kier molecular flexibility index (Phi) is 10.3. The van der Waals surface area contributed by atoms with Crippen molar-refractivity contribution >= 4 is 11.7 Å². The summed E-state index contributed by atoms with van der Waals surface area (Å²) in [5, 5.41) is 33.3. The Morgan fingerprint density at radius 1 is 1.35 bits per heavy atom. The highest BCUT2D eigenvalue weighted by Gasteiger charge is 2.38. The van der Waals surface area contributed by atoms with Gasteiger partial charge in [-0.05, 0) is 43.9 Å². The first-order chi connectivity index (χ1) is 14.9. The zero-order chi connectivity index (χ0) is 22.6. The highest BCUT2D eigenvalue weighted by atomic mass is 16.5. The highest BCUT2D eigenvalue weighted by Crippen LogP contribution is 2.34. The van der Waals surface area contributed by atoms with E-state index in [0.29, 0.717) is 37.1 Å². The second-order valence-corrected chi connectivity index (χ2v) is 7.81. The minimum Gasteiger partial charge on any atom is -0.491 e. The number of hydrogen-bond acceptors (Lipinski definition) is 7. The maximum absolute atomic E-state index is 11.1. The van der Waals surface area contributed by atoms with Crippen molar-refractivity contribution in [2.45, 2.75) is 51.2 Å². The number of hydrogen-bond donors (Lipinski definition) is 3. The van der Waals surface area contributed by atoms with Gasteiger partial charge in [-0.3, -0.25) is 4.79 Å². The van der Waals surface area contributed by atoms with E-state index in [1.165, 1.54) is 7.11 Å². The van der Waals surface area contributed by atoms with Crippen molar-refractivity contribution in [1.82, 2.24) is 0 Å². The fourth-order valence-electron chi connectivity index (χ4n) is 3.68. The lowest BCUT2D eigenvalue weighted by molar-refractivity contribution is -0.140. The summed E-state index contributed by atoms with van der Waals surface area (Å²) < 4.78 is 10.2. The van der Waals surface area contributed by atoms with E-state index in [2.05, 4.69) is 9.89 Å². The first-order valence-corrected chi connectivity index (χ1v) is 10.6. The van der Waals surface area contributed by atoms with Crippen LogP contribution in [0.25, 0.3) is 0 Å². The number of unbranched alkanes of at least 4 members (excludes halogenated alkanes) is 1. The van der Waals surface area contributed by atoms with Crippen molar-refractivity contribution in [3.8, 4) is 5.75 Å². The lowest BCUT2D eigenvalue weighted by atomic mass is 9.90. The molecule has 0 spiro atoms. The van der Waals surface area contributed by atoms with Crippen molar-refractivity contribution in [2.75, 3.05) is 13.7 Å². The van der Waals surface area contributed by atoms with E-state index in [9.17, 15) is 20.2 Å². The number of aliphatic hydroxyl groups is 2. The number of nitrogens with zero attached hydrogens (tertiary/aromatic N) is 1. The van der Waals surface area contributed by atoms with Crippen LogP contribution in [0.2, 0.25) is 0 Å². The average Bonchev–Trinajstić information content (AvgIpc) is 3.07. The first-order valence-electron chi connectivity index (χ1n) is 10.6. The summed E-state index contributed by atoms with van der Waals surface area (Å²) in [6.45, 7) is 2.07. The number of carbonyl (C=O) groups excluding carboxylic acids is 1. The molecule has 0 aromatic heterocycles. The number of aryl methyl sites for hydroxylation is 1. The number of benzene rings is 1. The fourth-order valence-corrected chi connectivity index (χ4v) is 3.68. The second-order valence-electron chi connectivity index (χ2n) is 7.81. The molecule has 0 saturated heterocycles. The third kappa shape index (κ3) is 8.19. The van der Waals surface area contributed by atoms with Gasteiger partial charge in [-0.2, -0.15) is 0 Å². The summed E-state index contributed by atoms with van der Waals surface area (Å²) >= 11 is 0. The van der Waals surface area contributed by atoms with Gasteiger partial charge in [0.05, 0.1) is 18.9 Å². The second kappa shape index (κ2) is 12.9. The molecule has 7 heteroatoms. The molecule has 1 saturated carbocycles. The molecule has 0 heterocycles. The Morgan fingerprint density at radius 3 is 2.87 bits per heavy atom. The van der Waals surface area contributed by atoms with Crippen LogP contribution < -0.4 is 4.74 Å². The third-order valence-electron chi connectivity index (χ3n) is 5.39. The summed E-state index contributed by atoms with van der Waals surface area (Å²) in [5.74, 6) is 0.0485. The molecular weight excluding hydrogens is 398 g/mol. The molecule has 1 fully saturated rings. The van der Waals surface area contributed by atoms with Crippen LogP contribution >= 0.6 is 0 Å². The molecule has 1 aromatic carbocycles. The van der Waals surface area contributed by atoms with Crippen LogP contribution in [0, 0.1) is 18.8 Å². The summed E-state index contributed by atoms with van der Waals surface area (Å²) in [6, 6.07) is 7.59. The number of aliphatic hydroxyl groups excluding tert-OH is 2. The molecule has 0 unspecified atom stereocenters. The van der Waals surface area contributed by atoms with E-state index < -0.39 is 12.2 Å². The molecule has 0 bridgehead atoms. The zero-order valence-corrected chi connectivity index (χ0v) is 18.2. The van der Waals surface area contributed by atoms with Gasteiger partial charge in [-0.1, -0.05) is 41.6 Å². The molecule has 3 N–H and O–H groups in total. The van der Waals surface area contributed by atoms with Gasteiger partial charge >= 0.3 is 5.97 Å². The number of esters is 1. The molecule has 170 valence electrons. The molecule has 7 nitrogen and oxygen atoms in total. The highest BCUT2D eigenvalue weighted by molar-refractivity contribution is 5.90. The molecule has 2 rings (SSSR count). The van der Waals surface area contributed by atoms with Gasteiger partial charge in [0.2, 0.25) is 0 Å². The minimum atomic E-state index is -0.826. The van der Waals surface area contributed by atoms with Crippen LogP contribution in [0.5, 0.6) is 5.75 Å². The normalized spacial score (nSPS) is 23.6. The molecule has 31 heavy (non-hydrogen) atoms. The van der Waals surface area contributed by atoms with Gasteiger partial charge in [-0.25, -0.2) is 0 Å². The predicted molar refractivity (Wildman–Crippen MR) is 118 cm³/mol. The number of allylic oxidation sites excluding steroid dienone is 3. The zero-order valence-electron chi connectivity index (χ0n) is 18.2. The van der Waals surface area contributed by atoms with Crippen molar-refractivity contribution in [1.29, 1.82) is 0 Å². The number of methoxy groups -OCH3 is 1. The van der Waals surface area contributed by atoms with Gasteiger partial charge in [0.15, 0.2) is 0 Å². The van der Waals surface area contributed by atoms with E-state index in [1.54, 1.807) is 12.2 Å². The third-order valence-corrected chi connectivity index (χ3v) is 5.39. The Morgan fingerprint density at radius 2 is 2.16 bits per heavy atom. The lowest BCUT2D eigenvalue weighted by Gasteiger charge is -2.18. The Hall–Kier alpha value is -2.64. The Balaban J connectivity index is 1.88. The number of oxime groups is 1.